The fraction of sp³-hybridized carbons (Fsp3) is 0.769. The Morgan fingerprint density at radius 1 is 1.18 bits per heavy atom. The summed E-state index contributed by atoms with van der Waals surface area (Å²) in [6.45, 7) is 0. The molecule has 0 aromatic carbocycles. The molecule has 0 atom stereocenters. The van der Waals surface area contributed by atoms with Crippen LogP contribution in [0.4, 0.5) is 0 Å². The van der Waals surface area contributed by atoms with Crippen LogP contribution in [-0.2, 0) is 5.54 Å². The molecule has 0 saturated heterocycles. The maximum atomic E-state index is 8.87. The van der Waals surface area contributed by atoms with Gasteiger partial charge in [-0.15, -0.1) is 5.10 Å². The highest BCUT2D eigenvalue weighted by Gasteiger charge is 2.52. The van der Waals surface area contributed by atoms with Gasteiger partial charge in [0.25, 0.3) is 0 Å². The normalized spacial score (nSPS) is 42.6. The molecule has 1 aromatic heterocycles. The summed E-state index contributed by atoms with van der Waals surface area (Å²) in [5, 5.41) is 17.0. The van der Waals surface area contributed by atoms with E-state index in [1.54, 1.807) is 0 Å². The first-order valence-electron chi connectivity index (χ1n) is 6.60. The molecule has 0 radical (unpaired) electrons. The molecule has 88 valence electrons. The fourth-order valence-electron chi connectivity index (χ4n) is 4.89. The van der Waals surface area contributed by atoms with E-state index in [4.69, 9.17) is 5.26 Å². The van der Waals surface area contributed by atoms with E-state index in [9.17, 15) is 0 Å². The predicted octanol–water partition coefficient (Wildman–Crippen LogP) is 2.08. The Balaban J connectivity index is 1.75. The van der Waals surface area contributed by atoms with Gasteiger partial charge in [0.2, 0.25) is 0 Å². The van der Waals surface area contributed by atoms with Gasteiger partial charge in [0, 0.05) is 0 Å². The van der Waals surface area contributed by atoms with Gasteiger partial charge in [-0.25, -0.2) is 4.68 Å². The molecule has 0 spiro atoms. The zero-order valence-electron chi connectivity index (χ0n) is 9.84. The Morgan fingerprint density at radius 2 is 1.76 bits per heavy atom. The highest BCUT2D eigenvalue weighted by molar-refractivity contribution is 5.15. The molecule has 4 nitrogen and oxygen atoms in total. The first-order chi connectivity index (χ1) is 8.27. The van der Waals surface area contributed by atoms with E-state index < -0.39 is 0 Å². The van der Waals surface area contributed by atoms with Crippen molar-refractivity contribution in [2.24, 2.45) is 17.8 Å². The maximum Gasteiger partial charge on any atom is 0.182 e. The van der Waals surface area contributed by atoms with Crippen LogP contribution in [0, 0.1) is 29.1 Å². The molecule has 4 saturated carbocycles. The molecule has 0 unspecified atom stereocenters. The summed E-state index contributed by atoms with van der Waals surface area (Å²) in [4.78, 5) is 0. The van der Waals surface area contributed by atoms with Crippen molar-refractivity contribution in [2.45, 2.75) is 44.1 Å². The predicted molar refractivity (Wildman–Crippen MR) is 60.9 cm³/mol. The molecule has 5 rings (SSSR count). The van der Waals surface area contributed by atoms with Crippen molar-refractivity contribution in [1.82, 2.24) is 15.0 Å². The molecule has 1 aromatic rings. The Hall–Kier alpha value is -1.37. The number of nitrogens with zero attached hydrogens (tertiary/aromatic N) is 4. The van der Waals surface area contributed by atoms with E-state index in [-0.39, 0.29) is 5.54 Å². The van der Waals surface area contributed by atoms with E-state index >= 15 is 0 Å². The van der Waals surface area contributed by atoms with Gasteiger partial charge in [0.1, 0.15) is 6.07 Å². The van der Waals surface area contributed by atoms with Crippen LogP contribution in [0.3, 0.4) is 0 Å². The summed E-state index contributed by atoms with van der Waals surface area (Å²) in [6, 6.07) is 2.08. The van der Waals surface area contributed by atoms with Gasteiger partial charge in [0.05, 0.1) is 11.7 Å². The second-order valence-electron chi connectivity index (χ2n) is 6.30. The third kappa shape index (κ3) is 1.28. The van der Waals surface area contributed by atoms with Gasteiger partial charge in [0.15, 0.2) is 5.69 Å². The van der Waals surface area contributed by atoms with Crippen molar-refractivity contribution < 1.29 is 0 Å². The van der Waals surface area contributed by atoms with E-state index in [1.807, 2.05) is 10.9 Å². The van der Waals surface area contributed by atoms with E-state index in [0.717, 1.165) is 17.8 Å². The second kappa shape index (κ2) is 3.10. The van der Waals surface area contributed by atoms with Gasteiger partial charge >= 0.3 is 0 Å². The Kier molecular flexibility index (Phi) is 1.76. The molecule has 1 heterocycles. The number of nitriles is 1. The Morgan fingerprint density at radius 3 is 2.24 bits per heavy atom. The molecule has 4 bridgehead atoms. The second-order valence-corrected chi connectivity index (χ2v) is 6.30. The molecule has 0 N–H and O–H groups in total. The Bertz CT molecular complexity index is 460. The summed E-state index contributed by atoms with van der Waals surface area (Å²) in [5.41, 5.74) is 0.664. The van der Waals surface area contributed by atoms with Gasteiger partial charge < -0.3 is 0 Å². The van der Waals surface area contributed by atoms with Crippen LogP contribution in [0.25, 0.3) is 0 Å². The van der Waals surface area contributed by atoms with Gasteiger partial charge in [-0.1, -0.05) is 5.21 Å². The van der Waals surface area contributed by atoms with Crippen molar-refractivity contribution in [2.75, 3.05) is 0 Å². The van der Waals surface area contributed by atoms with Crippen molar-refractivity contribution in [3.8, 4) is 6.07 Å². The van der Waals surface area contributed by atoms with Crippen LogP contribution in [0.5, 0.6) is 0 Å². The zero-order chi connectivity index (χ0) is 11.5. The average Bonchev–Trinajstić information content (AvgIpc) is 2.76. The quantitative estimate of drug-likeness (QED) is 0.739. The topological polar surface area (TPSA) is 54.5 Å². The highest BCUT2D eigenvalue weighted by atomic mass is 15.5. The monoisotopic (exact) mass is 228 g/mol. The zero-order valence-corrected chi connectivity index (χ0v) is 9.84. The van der Waals surface area contributed by atoms with Crippen LogP contribution >= 0.6 is 0 Å². The molecule has 4 heteroatoms. The van der Waals surface area contributed by atoms with Gasteiger partial charge in [-0.05, 0) is 56.3 Å². The van der Waals surface area contributed by atoms with Crippen LogP contribution < -0.4 is 0 Å². The number of hydrogen-bond acceptors (Lipinski definition) is 3. The minimum absolute atomic E-state index is 0.205. The average molecular weight is 228 g/mol. The van der Waals surface area contributed by atoms with Gasteiger partial charge in [-0.2, -0.15) is 5.26 Å². The first kappa shape index (κ1) is 9.64. The number of hydrogen-bond donors (Lipinski definition) is 0. The molecular weight excluding hydrogens is 212 g/mol. The molecule has 4 fully saturated rings. The molecule has 4 aliphatic carbocycles. The van der Waals surface area contributed by atoms with Gasteiger partial charge in [-0.3, -0.25) is 0 Å². The molecule has 0 aliphatic heterocycles. The SMILES string of the molecule is N#Cc1cn(C23CC4CC(CC(C4)C2)C3)nn1. The lowest BCUT2D eigenvalue weighted by atomic mass is 9.53. The largest absolute Gasteiger partial charge is 0.245 e. The van der Waals surface area contributed by atoms with Crippen LogP contribution in [-0.4, -0.2) is 15.0 Å². The number of aromatic nitrogens is 3. The van der Waals surface area contributed by atoms with E-state index in [0.29, 0.717) is 5.69 Å². The smallest absolute Gasteiger partial charge is 0.182 e. The minimum atomic E-state index is 0.205. The lowest BCUT2D eigenvalue weighted by Gasteiger charge is -2.56. The standard InChI is InChI=1S/C13H16N4/c14-7-12-8-17(16-15-12)13-4-9-1-10(5-13)3-11(2-9)6-13/h8-11H,1-6H2. The summed E-state index contributed by atoms with van der Waals surface area (Å²) in [5.74, 6) is 2.70. The summed E-state index contributed by atoms with van der Waals surface area (Å²) >= 11 is 0. The van der Waals surface area contributed by atoms with Crippen molar-refractivity contribution in [3.63, 3.8) is 0 Å². The lowest BCUT2D eigenvalue weighted by Crippen LogP contribution is -2.52. The third-order valence-corrected chi connectivity index (χ3v) is 5.10. The van der Waals surface area contributed by atoms with Crippen LogP contribution in [0.15, 0.2) is 6.20 Å². The van der Waals surface area contributed by atoms with Crippen molar-refractivity contribution >= 4 is 0 Å². The third-order valence-electron chi connectivity index (χ3n) is 5.10. The van der Waals surface area contributed by atoms with E-state index in [1.165, 1.54) is 38.5 Å². The Labute approximate surface area is 101 Å². The minimum Gasteiger partial charge on any atom is -0.245 e. The molecule has 17 heavy (non-hydrogen) atoms. The van der Waals surface area contributed by atoms with E-state index in [2.05, 4.69) is 16.4 Å². The van der Waals surface area contributed by atoms with Crippen molar-refractivity contribution in [3.05, 3.63) is 11.9 Å². The first-order valence-corrected chi connectivity index (χ1v) is 6.60. The summed E-state index contributed by atoms with van der Waals surface area (Å²) < 4.78 is 2.02. The van der Waals surface area contributed by atoms with Crippen LogP contribution in [0.1, 0.15) is 44.2 Å². The molecule has 0 amide bonds. The summed E-state index contributed by atoms with van der Waals surface area (Å²) in [7, 11) is 0. The molecular formula is C13H16N4. The van der Waals surface area contributed by atoms with Crippen molar-refractivity contribution in [1.29, 1.82) is 5.26 Å². The lowest BCUT2D eigenvalue weighted by molar-refractivity contribution is -0.0502. The number of rotatable bonds is 1. The molecule has 4 aliphatic rings. The summed E-state index contributed by atoms with van der Waals surface area (Å²) in [6.07, 6.45) is 9.91. The highest BCUT2D eigenvalue weighted by Crippen LogP contribution is 2.58. The fourth-order valence-corrected chi connectivity index (χ4v) is 4.89. The van der Waals surface area contributed by atoms with Crippen LogP contribution in [0.2, 0.25) is 0 Å². The maximum absolute atomic E-state index is 8.87.